The van der Waals surface area contributed by atoms with E-state index >= 15 is 0 Å². The Hall–Kier alpha value is -0.0800. The molecule has 2 rings (SSSR count). The summed E-state index contributed by atoms with van der Waals surface area (Å²) in [5.74, 6) is 0. The van der Waals surface area contributed by atoms with E-state index in [0.717, 1.165) is 6.04 Å². The molecular weight excluding hydrogens is 172 g/mol. The number of hydrogen-bond acceptors (Lipinski definition) is 2. The average molecular weight is 196 g/mol. The Labute approximate surface area is 88.1 Å². The van der Waals surface area contributed by atoms with Gasteiger partial charge < -0.3 is 5.32 Å². The molecule has 2 aliphatic rings. The van der Waals surface area contributed by atoms with Gasteiger partial charge in [-0.05, 0) is 26.7 Å². The summed E-state index contributed by atoms with van der Waals surface area (Å²) >= 11 is 0. The van der Waals surface area contributed by atoms with Crippen LogP contribution in [0.25, 0.3) is 0 Å². The molecule has 2 nitrogen and oxygen atoms in total. The van der Waals surface area contributed by atoms with Crippen molar-refractivity contribution in [3.63, 3.8) is 0 Å². The maximum atomic E-state index is 3.61. The summed E-state index contributed by atoms with van der Waals surface area (Å²) in [4.78, 5) is 2.73. The highest BCUT2D eigenvalue weighted by Gasteiger charge is 2.27. The quantitative estimate of drug-likeness (QED) is 0.690. The van der Waals surface area contributed by atoms with E-state index in [0.29, 0.717) is 12.1 Å². The minimum atomic E-state index is 0.681. The molecule has 0 aromatic heterocycles. The van der Waals surface area contributed by atoms with Crippen molar-refractivity contribution in [1.29, 1.82) is 0 Å². The van der Waals surface area contributed by atoms with E-state index in [2.05, 4.69) is 24.1 Å². The van der Waals surface area contributed by atoms with E-state index in [1.54, 1.807) is 0 Å². The van der Waals surface area contributed by atoms with E-state index < -0.39 is 0 Å². The average Bonchev–Trinajstić information content (AvgIpc) is 2.18. The third kappa shape index (κ3) is 2.48. The Bertz CT molecular complexity index is 165. The molecule has 0 amide bonds. The first-order valence-electron chi connectivity index (χ1n) is 6.26. The second kappa shape index (κ2) is 4.63. The molecule has 82 valence electrons. The lowest BCUT2D eigenvalue weighted by molar-refractivity contribution is 0.0988. The van der Waals surface area contributed by atoms with Crippen molar-refractivity contribution < 1.29 is 0 Å². The number of hydrogen-bond donors (Lipinski definition) is 1. The lowest BCUT2D eigenvalue weighted by Gasteiger charge is -2.42. The predicted molar refractivity (Wildman–Crippen MR) is 60.5 cm³/mol. The predicted octanol–water partition coefficient (Wildman–Crippen LogP) is 2.00. The summed E-state index contributed by atoms with van der Waals surface area (Å²) in [6.45, 7) is 7.14. The largest absolute Gasteiger partial charge is 0.309 e. The first-order valence-corrected chi connectivity index (χ1v) is 6.26. The summed E-state index contributed by atoms with van der Waals surface area (Å²) < 4.78 is 0. The lowest BCUT2D eigenvalue weighted by atomic mass is 9.93. The van der Waals surface area contributed by atoms with Crippen molar-refractivity contribution in [2.24, 2.45) is 0 Å². The van der Waals surface area contributed by atoms with Crippen LogP contribution in [-0.2, 0) is 0 Å². The van der Waals surface area contributed by atoms with Crippen LogP contribution >= 0.6 is 0 Å². The summed E-state index contributed by atoms with van der Waals surface area (Å²) in [6.07, 6.45) is 7.27. The van der Waals surface area contributed by atoms with Gasteiger partial charge in [0.15, 0.2) is 0 Å². The summed E-state index contributed by atoms with van der Waals surface area (Å²) in [7, 11) is 0. The maximum Gasteiger partial charge on any atom is 0.0169 e. The van der Waals surface area contributed by atoms with Gasteiger partial charge in [-0.15, -0.1) is 0 Å². The van der Waals surface area contributed by atoms with Crippen LogP contribution in [0, 0.1) is 0 Å². The van der Waals surface area contributed by atoms with Crippen LogP contribution in [0.15, 0.2) is 0 Å². The maximum absolute atomic E-state index is 3.61. The van der Waals surface area contributed by atoms with Crippen LogP contribution in [0.3, 0.4) is 0 Å². The molecule has 2 heteroatoms. The molecule has 1 N–H and O–H groups in total. The van der Waals surface area contributed by atoms with Crippen LogP contribution in [0.1, 0.15) is 46.0 Å². The highest BCUT2D eigenvalue weighted by molar-refractivity contribution is 4.86. The Balaban J connectivity index is 1.88. The molecule has 1 heterocycles. The fraction of sp³-hybridized carbons (Fsp3) is 1.00. The van der Waals surface area contributed by atoms with E-state index in [-0.39, 0.29) is 0 Å². The molecule has 0 radical (unpaired) electrons. The lowest BCUT2D eigenvalue weighted by Crippen LogP contribution is -2.57. The first kappa shape index (κ1) is 10.4. The van der Waals surface area contributed by atoms with Gasteiger partial charge in [-0.3, -0.25) is 4.90 Å². The molecule has 2 unspecified atom stereocenters. The van der Waals surface area contributed by atoms with E-state index in [1.165, 1.54) is 45.2 Å². The molecule has 0 aromatic rings. The fourth-order valence-corrected chi connectivity index (χ4v) is 3.11. The number of nitrogens with zero attached hydrogens (tertiary/aromatic N) is 1. The highest BCUT2D eigenvalue weighted by atomic mass is 15.2. The molecule has 2 fully saturated rings. The van der Waals surface area contributed by atoms with Gasteiger partial charge in [0.05, 0.1) is 0 Å². The van der Waals surface area contributed by atoms with Gasteiger partial charge in [0.2, 0.25) is 0 Å². The van der Waals surface area contributed by atoms with Crippen LogP contribution in [0.5, 0.6) is 0 Å². The smallest absolute Gasteiger partial charge is 0.0169 e. The molecule has 1 aliphatic carbocycles. The van der Waals surface area contributed by atoms with E-state index in [9.17, 15) is 0 Å². The molecule has 0 bridgehead atoms. The third-order valence-electron chi connectivity index (χ3n) is 3.68. The Kier molecular flexibility index (Phi) is 3.45. The zero-order valence-electron chi connectivity index (χ0n) is 9.63. The van der Waals surface area contributed by atoms with Crippen molar-refractivity contribution in [3.8, 4) is 0 Å². The van der Waals surface area contributed by atoms with Gasteiger partial charge in [0.25, 0.3) is 0 Å². The normalized spacial score (nSPS) is 37.3. The monoisotopic (exact) mass is 196 g/mol. The van der Waals surface area contributed by atoms with Crippen molar-refractivity contribution >= 4 is 0 Å². The van der Waals surface area contributed by atoms with Gasteiger partial charge in [-0.25, -0.2) is 0 Å². The van der Waals surface area contributed by atoms with Gasteiger partial charge in [0.1, 0.15) is 0 Å². The van der Waals surface area contributed by atoms with Gasteiger partial charge in [-0.2, -0.15) is 0 Å². The Morgan fingerprint density at radius 1 is 0.929 bits per heavy atom. The first-order chi connectivity index (χ1) is 6.75. The summed E-state index contributed by atoms with van der Waals surface area (Å²) in [6, 6.07) is 2.26. The standard InChI is InChI=1S/C12H24N2/c1-10-8-14(9-11(2)13-10)12-6-4-3-5-7-12/h10-13H,3-9H2,1-2H3. The Morgan fingerprint density at radius 3 is 2.07 bits per heavy atom. The Morgan fingerprint density at radius 2 is 1.50 bits per heavy atom. The molecule has 1 saturated heterocycles. The van der Waals surface area contributed by atoms with Crippen LogP contribution < -0.4 is 5.32 Å². The van der Waals surface area contributed by atoms with Crippen molar-refractivity contribution in [1.82, 2.24) is 10.2 Å². The number of rotatable bonds is 1. The second-order valence-corrected chi connectivity index (χ2v) is 5.21. The summed E-state index contributed by atoms with van der Waals surface area (Å²) in [5, 5.41) is 3.61. The van der Waals surface area contributed by atoms with E-state index in [4.69, 9.17) is 0 Å². The SMILES string of the molecule is CC1CN(C2CCCCC2)CC(C)N1. The zero-order chi connectivity index (χ0) is 9.97. The molecule has 1 saturated carbocycles. The van der Waals surface area contributed by atoms with Crippen molar-refractivity contribution in [3.05, 3.63) is 0 Å². The van der Waals surface area contributed by atoms with Crippen LogP contribution in [0.4, 0.5) is 0 Å². The van der Waals surface area contributed by atoms with Gasteiger partial charge in [-0.1, -0.05) is 19.3 Å². The fourth-order valence-electron chi connectivity index (χ4n) is 3.11. The molecule has 1 aliphatic heterocycles. The van der Waals surface area contributed by atoms with Gasteiger partial charge in [0, 0.05) is 31.2 Å². The molecule has 0 aromatic carbocycles. The molecule has 2 atom stereocenters. The highest BCUT2D eigenvalue weighted by Crippen LogP contribution is 2.23. The molecular formula is C12H24N2. The van der Waals surface area contributed by atoms with Crippen molar-refractivity contribution in [2.45, 2.75) is 64.1 Å². The van der Waals surface area contributed by atoms with Gasteiger partial charge >= 0.3 is 0 Å². The minimum absolute atomic E-state index is 0.681. The zero-order valence-corrected chi connectivity index (χ0v) is 9.63. The number of nitrogens with one attached hydrogen (secondary N) is 1. The number of piperazine rings is 1. The van der Waals surface area contributed by atoms with E-state index in [1.807, 2.05) is 0 Å². The topological polar surface area (TPSA) is 15.3 Å². The second-order valence-electron chi connectivity index (χ2n) is 5.21. The molecule has 0 spiro atoms. The third-order valence-corrected chi connectivity index (χ3v) is 3.68. The van der Waals surface area contributed by atoms with Crippen LogP contribution in [-0.4, -0.2) is 36.1 Å². The minimum Gasteiger partial charge on any atom is -0.309 e. The van der Waals surface area contributed by atoms with Crippen LogP contribution in [0.2, 0.25) is 0 Å². The molecule has 14 heavy (non-hydrogen) atoms. The summed E-state index contributed by atoms with van der Waals surface area (Å²) in [5.41, 5.74) is 0. The van der Waals surface area contributed by atoms with Crippen molar-refractivity contribution in [2.75, 3.05) is 13.1 Å².